The Hall–Kier alpha value is -2.32. The van der Waals surface area contributed by atoms with Gasteiger partial charge in [-0.2, -0.15) is 5.26 Å². The highest BCUT2D eigenvalue weighted by Crippen LogP contribution is 2.21. The Balaban J connectivity index is 2.23. The molecular formula is C16H14BrN3O. The molecular weight excluding hydrogens is 330 g/mol. The molecule has 0 radical (unpaired) electrons. The zero-order valence-corrected chi connectivity index (χ0v) is 12.9. The minimum atomic E-state index is -0.193. The fourth-order valence-electron chi connectivity index (χ4n) is 1.93. The molecule has 0 aliphatic rings. The molecule has 106 valence electrons. The minimum absolute atomic E-state index is 0.0374. The average molecular weight is 344 g/mol. The van der Waals surface area contributed by atoms with E-state index in [1.807, 2.05) is 36.4 Å². The number of hydrogen-bond donors (Lipinski definition) is 1. The summed E-state index contributed by atoms with van der Waals surface area (Å²) in [5, 5.41) is 8.94. The zero-order valence-electron chi connectivity index (χ0n) is 11.3. The maximum atomic E-state index is 12.5. The molecule has 2 N–H and O–H groups in total. The van der Waals surface area contributed by atoms with Crippen molar-refractivity contribution >= 4 is 27.5 Å². The van der Waals surface area contributed by atoms with Crippen LogP contribution in [0, 0.1) is 11.3 Å². The lowest BCUT2D eigenvalue weighted by Crippen LogP contribution is -2.31. The molecule has 0 saturated heterocycles. The normalized spacial score (nSPS) is 9.90. The number of benzene rings is 2. The van der Waals surface area contributed by atoms with Gasteiger partial charge in [-0.25, -0.2) is 0 Å². The number of halogens is 1. The smallest absolute Gasteiger partial charge is 0.255 e. The summed E-state index contributed by atoms with van der Waals surface area (Å²) in [6.07, 6.45) is 0. The van der Waals surface area contributed by atoms with E-state index >= 15 is 0 Å². The van der Waals surface area contributed by atoms with Gasteiger partial charge in [0.2, 0.25) is 0 Å². The fraction of sp³-hybridized carbons (Fsp3) is 0.125. The SMILES string of the molecule is N#CCN(Cc1ccccc1)C(=O)c1ccc(N)c(Br)c1. The zero-order chi connectivity index (χ0) is 15.2. The van der Waals surface area contributed by atoms with Crippen LogP contribution in [0.25, 0.3) is 0 Å². The van der Waals surface area contributed by atoms with Crippen molar-refractivity contribution in [3.05, 3.63) is 64.1 Å². The van der Waals surface area contributed by atoms with Gasteiger partial charge in [0.05, 0.1) is 6.07 Å². The van der Waals surface area contributed by atoms with Gasteiger partial charge in [-0.3, -0.25) is 4.79 Å². The van der Waals surface area contributed by atoms with E-state index in [4.69, 9.17) is 11.0 Å². The molecule has 0 atom stereocenters. The van der Waals surface area contributed by atoms with Gasteiger partial charge >= 0.3 is 0 Å². The number of rotatable bonds is 4. The molecule has 1 amide bonds. The third-order valence-electron chi connectivity index (χ3n) is 3.01. The topological polar surface area (TPSA) is 70.1 Å². The van der Waals surface area contributed by atoms with E-state index in [0.717, 1.165) is 5.56 Å². The highest BCUT2D eigenvalue weighted by atomic mass is 79.9. The van der Waals surface area contributed by atoms with Crippen LogP contribution in [0.15, 0.2) is 53.0 Å². The number of nitrogen functional groups attached to an aromatic ring is 1. The van der Waals surface area contributed by atoms with Crippen LogP contribution in [0.3, 0.4) is 0 Å². The summed E-state index contributed by atoms with van der Waals surface area (Å²) in [5.41, 5.74) is 7.78. The molecule has 0 fully saturated rings. The molecule has 0 spiro atoms. The first kappa shape index (κ1) is 15.1. The summed E-state index contributed by atoms with van der Waals surface area (Å²) in [6, 6.07) is 16.6. The summed E-state index contributed by atoms with van der Waals surface area (Å²) in [5.74, 6) is -0.193. The Bertz CT molecular complexity index is 680. The average Bonchev–Trinajstić information content (AvgIpc) is 2.50. The Morgan fingerprint density at radius 3 is 2.57 bits per heavy atom. The summed E-state index contributed by atoms with van der Waals surface area (Å²) in [6.45, 7) is 0.435. The molecule has 0 heterocycles. The van der Waals surface area contributed by atoms with Crippen LogP contribution >= 0.6 is 15.9 Å². The molecule has 21 heavy (non-hydrogen) atoms. The number of hydrogen-bond acceptors (Lipinski definition) is 3. The van der Waals surface area contributed by atoms with E-state index < -0.39 is 0 Å². The first-order valence-electron chi connectivity index (χ1n) is 6.37. The molecule has 0 saturated carbocycles. The van der Waals surface area contributed by atoms with Gasteiger partial charge in [-0.15, -0.1) is 0 Å². The fourth-order valence-corrected chi connectivity index (χ4v) is 2.31. The summed E-state index contributed by atoms with van der Waals surface area (Å²) < 4.78 is 0.671. The lowest BCUT2D eigenvalue weighted by molar-refractivity contribution is 0.0765. The number of nitriles is 1. The quantitative estimate of drug-likeness (QED) is 0.684. The van der Waals surface area contributed by atoms with Gasteiger partial charge in [0.25, 0.3) is 5.91 Å². The predicted octanol–water partition coefficient (Wildman–Crippen LogP) is 3.20. The lowest BCUT2D eigenvalue weighted by atomic mass is 10.1. The molecule has 5 heteroatoms. The highest BCUT2D eigenvalue weighted by Gasteiger charge is 2.16. The van der Waals surface area contributed by atoms with Crippen LogP contribution in [0.5, 0.6) is 0 Å². The second-order valence-corrected chi connectivity index (χ2v) is 5.40. The molecule has 4 nitrogen and oxygen atoms in total. The number of carbonyl (C=O) groups is 1. The van der Waals surface area contributed by atoms with Gasteiger partial charge < -0.3 is 10.6 Å². The van der Waals surface area contributed by atoms with Crippen molar-refractivity contribution in [2.75, 3.05) is 12.3 Å². The second kappa shape index (κ2) is 6.91. The monoisotopic (exact) mass is 343 g/mol. The number of nitrogens with zero attached hydrogens (tertiary/aromatic N) is 2. The molecule has 0 unspecified atom stereocenters. The first-order chi connectivity index (χ1) is 10.1. The molecule has 0 aliphatic carbocycles. The van der Waals surface area contributed by atoms with E-state index in [1.54, 1.807) is 18.2 Å². The summed E-state index contributed by atoms with van der Waals surface area (Å²) in [4.78, 5) is 14.0. The Labute approximate surface area is 131 Å². The maximum Gasteiger partial charge on any atom is 0.255 e. The summed E-state index contributed by atoms with van der Waals surface area (Å²) >= 11 is 3.31. The second-order valence-electron chi connectivity index (χ2n) is 4.54. The van der Waals surface area contributed by atoms with Crippen molar-refractivity contribution in [2.24, 2.45) is 0 Å². The molecule has 0 aliphatic heterocycles. The van der Waals surface area contributed by atoms with Crippen LogP contribution in [0.4, 0.5) is 5.69 Å². The van der Waals surface area contributed by atoms with Crippen LogP contribution in [0.2, 0.25) is 0 Å². The number of anilines is 1. The van der Waals surface area contributed by atoms with Crippen LogP contribution < -0.4 is 5.73 Å². The van der Waals surface area contributed by atoms with Crippen molar-refractivity contribution in [1.82, 2.24) is 4.90 Å². The Morgan fingerprint density at radius 2 is 1.95 bits per heavy atom. The molecule has 2 aromatic rings. The van der Waals surface area contributed by atoms with Gasteiger partial charge in [-0.05, 0) is 39.7 Å². The highest BCUT2D eigenvalue weighted by molar-refractivity contribution is 9.10. The van der Waals surface area contributed by atoms with Crippen molar-refractivity contribution in [3.8, 4) is 6.07 Å². The third-order valence-corrected chi connectivity index (χ3v) is 3.70. The molecule has 0 aromatic heterocycles. The van der Waals surface area contributed by atoms with E-state index in [1.165, 1.54) is 4.90 Å². The van der Waals surface area contributed by atoms with E-state index in [-0.39, 0.29) is 12.5 Å². The summed E-state index contributed by atoms with van der Waals surface area (Å²) in [7, 11) is 0. The largest absolute Gasteiger partial charge is 0.398 e. The third kappa shape index (κ3) is 3.83. The van der Waals surface area contributed by atoms with Gasteiger partial charge in [0.1, 0.15) is 6.54 Å². The molecule has 0 bridgehead atoms. The Morgan fingerprint density at radius 1 is 1.24 bits per heavy atom. The van der Waals surface area contributed by atoms with Gasteiger partial charge in [0.15, 0.2) is 0 Å². The van der Waals surface area contributed by atoms with Crippen molar-refractivity contribution < 1.29 is 4.79 Å². The van der Waals surface area contributed by atoms with Crippen LogP contribution in [-0.2, 0) is 6.54 Å². The van der Waals surface area contributed by atoms with Crippen molar-refractivity contribution in [3.63, 3.8) is 0 Å². The standard InChI is InChI=1S/C16H14BrN3O/c17-14-10-13(6-7-15(14)19)16(21)20(9-8-18)11-12-4-2-1-3-5-12/h1-7,10H,9,11,19H2. The van der Waals surface area contributed by atoms with E-state index in [2.05, 4.69) is 15.9 Å². The van der Waals surface area contributed by atoms with Crippen LogP contribution in [0.1, 0.15) is 15.9 Å². The van der Waals surface area contributed by atoms with Gasteiger partial charge in [-0.1, -0.05) is 30.3 Å². The number of nitrogens with two attached hydrogens (primary N) is 1. The maximum absolute atomic E-state index is 12.5. The molecule has 2 rings (SSSR count). The Kier molecular flexibility index (Phi) is 4.96. The van der Waals surface area contributed by atoms with Crippen molar-refractivity contribution in [2.45, 2.75) is 6.54 Å². The first-order valence-corrected chi connectivity index (χ1v) is 7.16. The lowest BCUT2D eigenvalue weighted by Gasteiger charge is -2.20. The number of carbonyl (C=O) groups excluding carboxylic acids is 1. The molecule has 2 aromatic carbocycles. The van der Waals surface area contributed by atoms with E-state index in [9.17, 15) is 4.79 Å². The van der Waals surface area contributed by atoms with Crippen LogP contribution in [-0.4, -0.2) is 17.4 Å². The van der Waals surface area contributed by atoms with E-state index in [0.29, 0.717) is 22.3 Å². The predicted molar refractivity (Wildman–Crippen MR) is 85.3 cm³/mol. The van der Waals surface area contributed by atoms with Gasteiger partial charge in [0, 0.05) is 22.3 Å². The van der Waals surface area contributed by atoms with Crippen molar-refractivity contribution in [1.29, 1.82) is 5.26 Å². The minimum Gasteiger partial charge on any atom is -0.398 e. The number of amides is 1.